The van der Waals surface area contributed by atoms with Gasteiger partial charge in [-0.3, -0.25) is 0 Å². The largest absolute Gasteiger partial charge is 0.394 e. The maximum Gasteiger partial charge on any atom is 0.187 e. The van der Waals surface area contributed by atoms with Gasteiger partial charge in [0.15, 0.2) is 25.1 Å². The zero-order chi connectivity index (χ0) is 28.4. The second kappa shape index (κ2) is 13.5. The van der Waals surface area contributed by atoms with Gasteiger partial charge >= 0.3 is 0 Å². The van der Waals surface area contributed by atoms with E-state index < -0.39 is 105 Å². The molecule has 0 aromatic heterocycles. The molecule has 4 fully saturated rings. The minimum Gasteiger partial charge on any atom is -0.394 e. The van der Waals surface area contributed by atoms with E-state index in [9.17, 15) is 51.2 Å². The predicted molar refractivity (Wildman–Crippen MR) is 117 cm³/mol. The topological polar surface area (TPSA) is 270 Å². The van der Waals surface area contributed by atoms with Crippen LogP contribution in [0.2, 0.25) is 0 Å². The molecule has 4 heterocycles. The van der Waals surface area contributed by atoms with Crippen LogP contribution in [0.1, 0.15) is 0 Å². The van der Waals surface area contributed by atoms with E-state index in [-0.39, 0.29) is 26.4 Å². The molecule has 0 aromatic carbocycles. The van der Waals surface area contributed by atoms with Gasteiger partial charge in [0.25, 0.3) is 0 Å². The van der Waals surface area contributed by atoms with Crippen LogP contribution in [0, 0.1) is 0 Å². The highest BCUT2D eigenvalue weighted by Gasteiger charge is 2.51. The Bertz CT molecular complexity index is 768. The summed E-state index contributed by atoms with van der Waals surface area (Å²) in [5, 5.41) is 102. The van der Waals surface area contributed by atoms with Crippen molar-refractivity contribution in [3.8, 4) is 0 Å². The molecule has 15 atom stereocenters. The predicted octanol–water partition coefficient (Wildman–Crippen LogP) is -6.86. The SMILES string of the molecule is OC[C@@H]1O[C@@H](OC2C(O)[C@H](O[C@@H]3COCCN(O)C(O)C3O)OC[C@H]2O[C@@H]2OC[C@@H](O)C(O)C2O)C(O)C1O. The Labute approximate surface area is 221 Å². The van der Waals surface area contributed by atoms with E-state index in [0.717, 1.165) is 0 Å². The Morgan fingerprint density at radius 3 is 2.00 bits per heavy atom. The molecule has 4 saturated heterocycles. The molecule has 4 aliphatic rings. The lowest BCUT2D eigenvalue weighted by Gasteiger charge is -2.44. The second-order valence-corrected chi connectivity index (χ2v) is 9.74. The number of nitrogens with zero attached hydrogens (tertiary/aromatic N) is 1. The quantitative estimate of drug-likeness (QED) is 0.135. The lowest BCUT2D eigenvalue weighted by molar-refractivity contribution is -0.359. The minimum absolute atomic E-state index is 0.00854. The van der Waals surface area contributed by atoms with Crippen LogP contribution in [-0.2, 0) is 33.2 Å². The molecule has 4 aliphatic heterocycles. The smallest absolute Gasteiger partial charge is 0.187 e. The summed E-state index contributed by atoms with van der Waals surface area (Å²) in [6, 6.07) is 0. The molecule has 18 heteroatoms. The molecule has 39 heavy (non-hydrogen) atoms. The van der Waals surface area contributed by atoms with Crippen molar-refractivity contribution in [2.75, 3.05) is 39.6 Å². The van der Waals surface area contributed by atoms with E-state index in [2.05, 4.69) is 0 Å². The van der Waals surface area contributed by atoms with Gasteiger partial charge < -0.3 is 84.3 Å². The van der Waals surface area contributed by atoms with Gasteiger partial charge in [-0.25, -0.2) is 0 Å². The summed E-state index contributed by atoms with van der Waals surface area (Å²) >= 11 is 0. The molecule has 4 rings (SSSR count). The van der Waals surface area contributed by atoms with Gasteiger partial charge in [-0.05, 0) is 0 Å². The third kappa shape index (κ3) is 6.85. The Balaban J connectivity index is 1.50. The van der Waals surface area contributed by atoms with Crippen LogP contribution in [0.3, 0.4) is 0 Å². The lowest BCUT2D eigenvalue weighted by atomic mass is 10.0. The molecule has 0 amide bonds. The first-order chi connectivity index (χ1) is 18.5. The zero-order valence-corrected chi connectivity index (χ0v) is 20.7. The normalized spacial score (nSPS) is 50.5. The van der Waals surface area contributed by atoms with Crippen molar-refractivity contribution < 1.29 is 84.3 Å². The first-order valence-corrected chi connectivity index (χ1v) is 12.5. The van der Waals surface area contributed by atoms with Crippen LogP contribution in [-0.4, -0.2) is 188 Å². The molecule has 0 radical (unpaired) electrons. The third-order valence-electron chi connectivity index (χ3n) is 7.01. The van der Waals surface area contributed by atoms with Crippen molar-refractivity contribution in [1.29, 1.82) is 0 Å². The number of ether oxygens (including phenoxy) is 7. The molecule has 18 nitrogen and oxygen atoms in total. The summed E-state index contributed by atoms with van der Waals surface area (Å²) < 4.78 is 38.5. The summed E-state index contributed by atoms with van der Waals surface area (Å²) in [5.74, 6) is 0. The van der Waals surface area contributed by atoms with E-state index in [4.69, 9.17) is 33.2 Å². The van der Waals surface area contributed by atoms with E-state index in [1.165, 1.54) is 0 Å². The molecular weight excluding hydrogens is 538 g/mol. The van der Waals surface area contributed by atoms with Crippen molar-refractivity contribution >= 4 is 0 Å². The fourth-order valence-electron chi connectivity index (χ4n) is 4.62. The Kier molecular flexibility index (Phi) is 10.8. The van der Waals surface area contributed by atoms with Gasteiger partial charge in [-0.15, -0.1) is 0 Å². The molecule has 8 unspecified atom stereocenters. The second-order valence-electron chi connectivity index (χ2n) is 9.74. The molecular formula is C21H37NO17. The molecule has 0 bridgehead atoms. The summed E-state index contributed by atoms with van der Waals surface area (Å²) in [5.41, 5.74) is 0. The van der Waals surface area contributed by atoms with Gasteiger partial charge in [-0.2, -0.15) is 5.06 Å². The highest BCUT2D eigenvalue weighted by Crippen LogP contribution is 2.31. The molecule has 0 saturated carbocycles. The maximum atomic E-state index is 11.1. The number of hydrogen-bond acceptors (Lipinski definition) is 18. The molecule has 228 valence electrons. The van der Waals surface area contributed by atoms with E-state index in [1.807, 2.05) is 0 Å². The molecule has 0 aliphatic carbocycles. The average Bonchev–Trinajstić information content (AvgIpc) is 3.19. The van der Waals surface area contributed by atoms with Crippen LogP contribution >= 0.6 is 0 Å². The highest BCUT2D eigenvalue weighted by atomic mass is 16.8. The van der Waals surface area contributed by atoms with Gasteiger partial charge in [0, 0.05) is 0 Å². The first kappa shape index (κ1) is 31.2. The molecule has 0 aromatic rings. The standard InChI is InChI=1S/C21H37NO17/c23-3-8-12(26)15(29)21(36-8)39-17-10(38-19-14(28)11(25)7(24)4-34-19)6-35-20(16(17)30)37-9-5-33-2-1-22(32)18(31)13(9)27/h7-21,23-32H,1-6H2/t7-,8+,9-,10-,11?,12?,13?,14?,15?,16?,17?,18?,19+,20+,21+/m1/s1. The van der Waals surface area contributed by atoms with Crippen LogP contribution in [0.15, 0.2) is 0 Å². The van der Waals surface area contributed by atoms with Crippen LogP contribution in [0.4, 0.5) is 0 Å². The molecule has 0 spiro atoms. The van der Waals surface area contributed by atoms with Crippen LogP contribution in [0.5, 0.6) is 0 Å². The Morgan fingerprint density at radius 1 is 0.667 bits per heavy atom. The summed E-state index contributed by atoms with van der Waals surface area (Å²) in [6.45, 7) is -1.79. The lowest BCUT2D eigenvalue weighted by Crippen LogP contribution is -2.62. The summed E-state index contributed by atoms with van der Waals surface area (Å²) in [6.07, 6.45) is -22.9. The van der Waals surface area contributed by atoms with Crippen molar-refractivity contribution in [1.82, 2.24) is 5.06 Å². The van der Waals surface area contributed by atoms with Crippen molar-refractivity contribution in [2.45, 2.75) is 92.2 Å². The third-order valence-corrected chi connectivity index (χ3v) is 7.01. The maximum absolute atomic E-state index is 11.1. The van der Waals surface area contributed by atoms with Gasteiger partial charge in [0.05, 0.1) is 39.6 Å². The van der Waals surface area contributed by atoms with Crippen molar-refractivity contribution in [2.24, 2.45) is 0 Å². The van der Waals surface area contributed by atoms with Gasteiger partial charge in [-0.1, -0.05) is 0 Å². The van der Waals surface area contributed by atoms with Gasteiger partial charge in [0.2, 0.25) is 0 Å². The number of aliphatic hydroxyl groups is 9. The number of aliphatic hydroxyl groups excluding tert-OH is 9. The highest BCUT2D eigenvalue weighted by molar-refractivity contribution is 4.93. The number of hydrogen-bond donors (Lipinski definition) is 10. The van der Waals surface area contributed by atoms with Crippen molar-refractivity contribution in [3.05, 3.63) is 0 Å². The molecule has 10 N–H and O–H groups in total. The summed E-state index contributed by atoms with van der Waals surface area (Å²) in [7, 11) is 0. The first-order valence-electron chi connectivity index (χ1n) is 12.5. The van der Waals surface area contributed by atoms with Crippen LogP contribution in [0.25, 0.3) is 0 Å². The fourth-order valence-corrected chi connectivity index (χ4v) is 4.62. The van der Waals surface area contributed by atoms with Gasteiger partial charge in [0.1, 0.15) is 67.1 Å². The Morgan fingerprint density at radius 2 is 1.31 bits per heavy atom. The zero-order valence-electron chi connectivity index (χ0n) is 20.7. The van der Waals surface area contributed by atoms with Crippen molar-refractivity contribution in [3.63, 3.8) is 0 Å². The monoisotopic (exact) mass is 575 g/mol. The number of rotatable bonds is 7. The van der Waals surface area contributed by atoms with E-state index in [1.54, 1.807) is 0 Å². The minimum atomic E-state index is -1.76. The summed E-state index contributed by atoms with van der Waals surface area (Å²) in [4.78, 5) is 0. The Hall–Kier alpha value is -0.720. The number of hydroxylamine groups is 2. The average molecular weight is 576 g/mol. The van der Waals surface area contributed by atoms with E-state index in [0.29, 0.717) is 5.06 Å². The van der Waals surface area contributed by atoms with Crippen LogP contribution < -0.4 is 0 Å². The fraction of sp³-hybridized carbons (Fsp3) is 1.00. The van der Waals surface area contributed by atoms with E-state index >= 15 is 0 Å².